The number of hydrogen-bond acceptors (Lipinski definition) is 5. The van der Waals surface area contributed by atoms with Crippen molar-refractivity contribution in [3.05, 3.63) is 29.8 Å². The molecule has 0 aromatic heterocycles. The first-order valence-corrected chi connectivity index (χ1v) is 6.72. The van der Waals surface area contributed by atoms with Crippen LogP contribution in [0.4, 0.5) is 5.69 Å². The molecule has 0 fully saturated rings. The van der Waals surface area contributed by atoms with Crippen LogP contribution in [0.3, 0.4) is 0 Å². The van der Waals surface area contributed by atoms with E-state index in [-0.39, 0.29) is 5.75 Å². The van der Waals surface area contributed by atoms with E-state index in [0.29, 0.717) is 11.3 Å². The number of carbonyl (C=O) groups excluding carboxylic acids is 1. The van der Waals surface area contributed by atoms with Gasteiger partial charge in [-0.2, -0.15) is 0 Å². The third kappa shape index (κ3) is 3.45. The molecule has 0 saturated carbocycles. The summed E-state index contributed by atoms with van der Waals surface area (Å²) in [7, 11) is -2.39. The first-order chi connectivity index (χ1) is 7.86. The summed E-state index contributed by atoms with van der Waals surface area (Å²) in [5.74, 6) is -0.954. The van der Waals surface area contributed by atoms with Crippen LogP contribution in [0, 0.1) is 0 Å². The van der Waals surface area contributed by atoms with Gasteiger partial charge >= 0.3 is 5.97 Å². The average molecular weight is 257 g/mol. The fourth-order valence-electron chi connectivity index (χ4n) is 1.28. The molecule has 6 heteroatoms. The largest absolute Gasteiger partial charge is 0.468 e. The first kappa shape index (κ1) is 13.5. The third-order valence-corrected chi connectivity index (χ3v) is 4.42. The summed E-state index contributed by atoms with van der Waals surface area (Å²) < 4.78 is 28.1. The highest BCUT2D eigenvalue weighted by atomic mass is 32.2. The van der Waals surface area contributed by atoms with E-state index < -0.39 is 21.1 Å². The summed E-state index contributed by atoms with van der Waals surface area (Å²) in [5.41, 5.74) is 6.65. The zero-order valence-electron chi connectivity index (χ0n) is 9.71. The number of esters is 1. The maximum Gasteiger partial charge on any atom is 0.323 e. The summed E-state index contributed by atoms with van der Waals surface area (Å²) in [4.78, 5) is 11.2. The minimum absolute atomic E-state index is 0.205. The lowest BCUT2D eigenvalue weighted by Gasteiger charge is -2.10. The molecule has 0 aliphatic rings. The quantitative estimate of drug-likeness (QED) is 0.635. The van der Waals surface area contributed by atoms with E-state index in [2.05, 4.69) is 4.74 Å². The van der Waals surface area contributed by atoms with Gasteiger partial charge < -0.3 is 10.5 Å². The Morgan fingerprint density at radius 2 is 1.88 bits per heavy atom. The molecule has 1 aromatic rings. The Morgan fingerprint density at radius 3 is 2.35 bits per heavy atom. The lowest BCUT2D eigenvalue weighted by atomic mass is 10.2. The molecule has 0 saturated heterocycles. The molecule has 94 valence electrons. The van der Waals surface area contributed by atoms with Crippen LogP contribution >= 0.6 is 0 Å². The van der Waals surface area contributed by atoms with E-state index in [4.69, 9.17) is 5.73 Å². The number of benzene rings is 1. The van der Waals surface area contributed by atoms with Crippen molar-refractivity contribution in [1.29, 1.82) is 0 Å². The molecule has 1 aromatic carbocycles. The predicted octanol–water partition coefficient (Wildman–Crippen LogP) is 0.745. The minimum atomic E-state index is -3.55. The Hall–Kier alpha value is -1.56. The van der Waals surface area contributed by atoms with Crippen LogP contribution < -0.4 is 5.73 Å². The van der Waals surface area contributed by atoms with E-state index in [9.17, 15) is 13.2 Å². The fraction of sp³-hybridized carbons (Fsp3) is 0.364. The van der Waals surface area contributed by atoms with Gasteiger partial charge in [-0.1, -0.05) is 12.1 Å². The van der Waals surface area contributed by atoms with E-state index in [1.54, 1.807) is 24.3 Å². The van der Waals surface area contributed by atoms with Crippen LogP contribution in [0.25, 0.3) is 0 Å². The van der Waals surface area contributed by atoms with Crippen molar-refractivity contribution in [2.45, 2.75) is 17.9 Å². The SMILES string of the molecule is COC(=O)C(C)S(=O)(=O)Cc1ccc(N)cc1. The number of nitrogen functional groups attached to an aromatic ring is 1. The van der Waals surface area contributed by atoms with Gasteiger partial charge in [0, 0.05) is 5.69 Å². The van der Waals surface area contributed by atoms with Gasteiger partial charge in [0.25, 0.3) is 0 Å². The molecule has 0 aliphatic carbocycles. The molecule has 1 unspecified atom stereocenters. The predicted molar refractivity (Wildman–Crippen MR) is 65.0 cm³/mol. The zero-order chi connectivity index (χ0) is 13.1. The topological polar surface area (TPSA) is 86.5 Å². The third-order valence-electron chi connectivity index (χ3n) is 2.42. The summed E-state index contributed by atoms with van der Waals surface area (Å²) in [6.07, 6.45) is 0. The summed E-state index contributed by atoms with van der Waals surface area (Å²) in [6, 6.07) is 6.48. The minimum Gasteiger partial charge on any atom is -0.468 e. The summed E-state index contributed by atoms with van der Waals surface area (Å²) in [5, 5.41) is -1.16. The van der Waals surface area contributed by atoms with Crippen LogP contribution in [0.2, 0.25) is 0 Å². The molecule has 2 N–H and O–H groups in total. The second-order valence-electron chi connectivity index (χ2n) is 3.71. The van der Waals surface area contributed by atoms with Crippen molar-refractivity contribution >= 4 is 21.5 Å². The molecule has 0 radical (unpaired) electrons. The standard InChI is InChI=1S/C11H15NO4S/c1-8(11(13)16-2)17(14,15)7-9-3-5-10(12)6-4-9/h3-6,8H,7,12H2,1-2H3. The number of methoxy groups -OCH3 is 1. The Bertz CT molecular complexity index is 493. The highest BCUT2D eigenvalue weighted by Crippen LogP contribution is 2.13. The van der Waals surface area contributed by atoms with Crippen LogP contribution in [-0.2, 0) is 25.1 Å². The second kappa shape index (κ2) is 5.18. The van der Waals surface area contributed by atoms with Crippen LogP contribution in [0.1, 0.15) is 12.5 Å². The maximum atomic E-state index is 11.9. The van der Waals surface area contributed by atoms with Gasteiger partial charge in [-0.15, -0.1) is 0 Å². The first-order valence-electron chi connectivity index (χ1n) is 5.00. The second-order valence-corrected chi connectivity index (χ2v) is 6.04. The molecule has 5 nitrogen and oxygen atoms in total. The van der Waals surface area contributed by atoms with Crippen molar-refractivity contribution in [3.8, 4) is 0 Å². The summed E-state index contributed by atoms with van der Waals surface area (Å²) >= 11 is 0. The highest BCUT2D eigenvalue weighted by Gasteiger charge is 2.28. The molecule has 0 amide bonds. The van der Waals surface area contributed by atoms with Gasteiger partial charge in [-0.05, 0) is 24.6 Å². The van der Waals surface area contributed by atoms with Crippen molar-refractivity contribution in [3.63, 3.8) is 0 Å². The van der Waals surface area contributed by atoms with Crippen molar-refractivity contribution in [2.75, 3.05) is 12.8 Å². The Balaban J connectivity index is 2.86. The highest BCUT2D eigenvalue weighted by molar-refractivity contribution is 7.92. The normalized spacial score (nSPS) is 13.1. The van der Waals surface area contributed by atoms with E-state index in [1.807, 2.05) is 0 Å². The van der Waals surface area contributed by atoms with Crippen molar-refractivity contribution in [1.82, 2.24) is 0 Å². The molecule has 0 aliphatic heterocycles. The molecule has 17 heavy (non-hydrogen) atoms. The zero-order valence-corrected chi connectivity index (χ0v) is 10.5. The van der Waals surface area contributed by atoms with Crippen molar-refractivity contribution < 1.29 is 17.9 Å². The van der Waals surface area contributed by atoms with Gasteiger partial charge in [-0.3, -0.25) is 4.79 Å². The molecule has 1 rings (SSSR count). The van der Waals surface area contributed by atoms with Gasteiger partial charge in [-0.25, -0.2) is 8.42 Å². The van der Waals surface area contributed by atoms with Gasteiger partial charge in [0.05, 0.1) is 12.9 Å². The fourth-order valence-corrected chi connectivity index (χ4v) is 2.58. The lowest BCUT2D eigenvalue weighted by molar-refractivity contribution is -0.139. The van der Waals surface area contributed by atoms with E-state index in [1.165, 1.54) is 6.92 Å². The van der Waals surface area contributed by atoms with E-state index >= 15 is 0 Å². The Morgan fingerprint density at radius 1 is 1.35 bits per heavy atom. The van der Waals surface area contributed by atoms with E-state index in [0.717, 1.165) is 7.11 Å². The number of hydrogen-bond donors (Lipinski definition) is 1. The number of anilines is 1. The van der Waals surface area contributed by atoms with Gasteiger partial charge in [0.1, 0.15) is 0 Å². The monoisotopic (exact) mass is 257 g/mol. The smallest absolute Gasteiger partial charge is 0.323 e. The lowest BCUT2D eigenvalue weighted by Crippen LogP contribution is -2.29. The number of rotatable bonds is 4. The molecule has 1 atom stereocenters. The Kier molecular flexibility index (Phi) is 4.11. The van der Waals surface area contributed by atoms with Crippen LogP contribution in [0.15, 0.2) is 24.3 Å². The maximum absolute atomic E-state index is 11.9. The number of nitrogens with two attached hydrogens (primary N) is 1. The average Bonchev–Trinajstić information content (AvgIpc) is 2.30. The van der Waals surface area contributed by atoms with Gasteiger partial charge in [0.15, 0.2) is 15.1 Å². The molecular weight excluding hydrogens is 242 g/mol. The Labute approximate surface area is 100 Å². The van der Waals surface area contributed by atoms with Crippen LogP contribution in [0.5, 0.6) is 0 Å². The van der Waals surface area contributed by atoms with Crippen molar-refractivity contribution in [2.24, 2.45) is 0 Å². The number of carbonyl (C=O) groups is 1. The molecule has 0 spiro atoms. The summed E-state index contributed by atoms with van der Waals surface area (Å²) in [6.45, 7) is 1.32. The molecule has 0 heterocycles. The number of ether oxygens (including phenoxy) is 1. The molecule has 0 bridgehead atoms. The van der Waals surface area contributed by atoms with Gasteiger partial charge in [0.2, 0.25) is 0 Å². The number of sulfone groups is 1. The molecular formula is C11H15NO4S. The van der Waals surface area contributed by atoms with Crippen LogP contribution in [-0.4, -0.2) is 26.7 Å².